The fourth-order valence-electron chi connectivity index (χ4n) is 4.69. The van der Waals surface area contributed by atoms with Gasteiger partial charge in [-0.05, 0) is 18.6 Å². The van der Waals surface area contributed by atoms with Gasteiger partial charge in [0.2, 0.25) is 5.91 Å². The summed E-state index contributed by atoms with van der Waals surface area (Å²) < 4.78 is 39.9. The van der Waals surface area contributed by atoms with Crippen molar-refractivity contribution in [3.63, 3.8) is 0 Å². The van der Waals surface area contributed by atoms with Gasteiger partial charge in [0.25, 0.3) is 5.78 Å². The Morgan fingerprint density at radius 3 is 2.61 bits per heavy atom. The third kappa shape index (κ3) is 3.44. The van der Waals surface area contributed by atoms with Crippen LogP contribution in [0.4, 0.5) is 24.7 Å². The predicted molar refractivity (Wildman–Crippen MR) is 111 cm³/mol. The summed E-state index contributed by atoms with van der Waals surface area (Å²) in [4.78, 5) is 27.2. The quantitative estimate of drug-likeness (QED) is 0.592. The highest BCUT2D eigenvalue weighted by molar-refractivity contribution is 5.78. The van der Waals surface area contributed by atoms with Crippen molar-refractivity contribution < 1.29 is 18.0 Å². The number of pyridine rings is 1. The van der Waals surface area contributed by atoms with E-state index < -0.39 is 11.9 Å². The molecule has 3 aromatic rings. The van der Waals surface area contributed by atoms with Crippen LogP contribution in [-0.2, 0) is 24.1 Å². The van der Waals surface area contributed by atoms with E-state index in [4.69, 9.17) is 0 Å². The Kier molecular flexibility index (Phi) is 4.46. The van der Waals surface area contributed by atoms with E-state index in [2.05, 4.69) is 25.1 Å². The summed E-state index contributed by atoms with van der Waals surface area (Å²) in [5.74, 6) is 1.67. The zero-order valence-electron chi connectivity index (χ0n) is 17.7. The monoisotopic (exact) mass is 458 g/mol. The van der Waals surface area contributed by atoms with Crippen LogP contribution in [-0.4, -0.2) is 61.6 Å². The third-order valence-corrected chi connectivity index (χ3v) is 6.67. The zero-order chi connectivity index (χ0) is 22.7. The van der Waals surface area contributed by atoms with E-state index in [0.717, 1.165) is 42.7 Å². The lowest BCUT2D eigenvalue weighted by Gasteiger charge is -2.41. The van der Waals surface area contributed by atoms with Crippen molar-refractivity contribution in [2.45, 2.75) is 32.1 Å². The van der Waals surface area contributed by atoms with Crippen LogP contribution in [0, 0.1) is 5.92 Å². The molecule has 2 fully saturated rings. The predicted octanol–water partition coefficient (Wildman–Crippen LogP) is 2.12. The second-order valence-electron chi connectivity index (χ2n) is 8.83. The molecule has 0 aliphatic carbocycles. The first-order valence-corrected chi connectivity index (χ1v) is 10.9. The average molecular weight is 458 g/mol. The van der Waals surface area contributed by atoms with Gasteiger partial charge in [-0.1, -0.05) is 0 Å². The molecule has 172 valence electrons. The molecule has 0 radical (unpaired) electrons. The average Bonchev–Trinajstić information content (AvgIpc) is 3.35. The molecule has 0 unspecified atom stereocenters. The van der Waals surface area contributed by atoms with Gasteiger partial charge < -0.3 is 14.7 Å². The van der Waals surface area contributed by atoms with E-state index in [-0.39, 0.29) is 11.8 Å². The number of carbonyl (C=O) groups is 1. The van der Waals surface area contributed by atoms with Gasteiger partial charge in [-0.3, -0.25) is 9.20 Å². The smallest absolute Gasteiger partial charge is 0.370 e. The first kappa shape index (κ1) is 20.2. The highest BCUT2D eigenvalue weighted by atomic mass is 19.4. The van der Waals surface area contributed by atoms with Crippen molar-refractivity contribution in [3.05, 3.63) is 41.6 Å². The van der Waals surface area contributed by atoms with Crippen molar-refractivity contribution in [1.29, 1.82) is 0 Å². The van der Waals surface area contributed by atoms with Crippen molar-refractivity contribution in [1.82, 2.24) is 29.5 Å². The fourth-order valence-corrected chi connectivity index (χ4v) is 4.69. The number of hydrogen-bond acceptors (Lipinski definition) is 7. The second-order valence-corrected chi connectivity index (χ2v) is 8.83. The topological polar surface area (TPSA) is 82.8 Å². The first-order chi connectivity index (χ1) is 15.9. The van der Waals surface area contributed by atoms with Gasteiger partial charge in [-0.25, -0.2) is 4.98 Å². The summed E-state index contributed by atoms with van der Waals surface area (Å²) in [5, 5.41) is 8.07. The van der Waals surface area contributed by atoms with E-state index in [1.54, 1.807) is 6.33 Å². The van der Waals surface area contributed by atoms with E-state index in [9.17, 15) is 18.0 Å². The minimum absolute atomic E-state index is 0.0668. The molecule has 0 aromatic carbocycles. The van der Waals surface area contributed by atoms with Crippen LogP contribution in [0.1, 0.15) is 29.8 Å². The summed E-state index contributed by atoms with van der Waals surface area (Å²) in [6, 6.07) is 2.42. The normalized spacial score (nSPS) is 18.5. The molecule has 6 heterocycles. The van der Waals surface area contributed by atoms with E-state index in [0.29, 0.717) is 44.1 Å². The summed E-state index contributed by atoms with van der Waals surface area (Å²) >= 11 is 0. The van der Waals surface area contributed by atoms with Crippen LogP contribution >= 0.6 is 0 Å². The van der Waals surface area contributed by atoms with Crippen molar-refractivity contribution in [3.8, 4) is 0 Å². The maximum atomic E-state index is 13.0. The molecule has 0 N–H and O–H groups in total. The van der Waals surface area contributed by atoms with Crippen molar-refractivity contribution in [2.24, 2.45) is 5.92 Å². The number of anilines is 2. The molecule has 9 nitrogen and oxygen atoms in total. The molecule has 0 atom stereocenters. The third-order valence-electron chi connectivity index (χ3n) is 6.67. The molecule has 2 saturated heterocycles. The van der Waals surface area contributed by atoms with Crippen LogP contribution in [0.2, 0.25) is 0 Å². The van der Waals surface area contributed by atoms with Crippen molar-refractivity contribution in [2.75, 3.05) is 36.0 Å². The number of nitrogens with zero attached hydrogens (tertiary/aromatic N) is 8. The van der Waals surface area contributed by atoms with E-state index in [1.807, 2.05) is 14.2 Å². The molecule has 12 heteroatoms. The van der Waals surface area contributed by atoms with Crippen LogP contribution in [0.15, 0.2) is 24.7 Å². The molecule has 33 heavy (non-hydrogen) atoms. The minimum Gasteiger partial charge on any atom is -0.370 e. The largest absolute Gasteiger partial charge is 0.433 e. The Labute approximate surface area is 186 Å². The minimum atomic E-state index is -4.45. The van der Waals surface area contributed by atoms with Gasteiger partial charge in [0.1, 0.15) is 17.8 Å². The highest BCUT2D eigenvalue weighted by Crippen LogP contribution is 2.35. The lowest BCUT2D eigenvalue weighted by atomic mass is 9.95. The van der Waals surface area contributed by atoms with Gasteiger partial charge in [-0.15, -0.1) is 10.2 Å². The molecule has 3 aromatic heterocycles. The Hall–Kier alpha value is -3.44. The molecule has 6 rings (SSSR count). The van der Waals surface area contributed by atoms with Crippen molar-refractivity contribution >= 4 is 23.2 Å². The molecule has 3 aliphatic rings. The summed E-state index contributed by atoms with van der Waals surface area (Å²) in [6.45, 7) is 4.15. The number of aromatic nitrogens is 5. The number of fused-ring (bicyclic) bond motifs is 3. The molecule has 3 aliphatic heterocycles. The van der Waals surface area contributed by atoms with E-state index >= 15 is 0 Å². The summed E-state index contributed by atoms with van der Waals surface area (Å²) in [5.41, 5.74) is 1.80. The Balaban J connectivity index is 1.10. The van der Waals surface area contributed by atoms with Gasteiger partial charge in [0.15, 0.2) is 0 Å². The van der Waals surface area contributed by atoms with E-state index in [1.165, 1.54) is 12.3 Å². The number of amides is 1. The molecule has 1 amide bonds. The fraction of sp³-hybridized carbons (Fsp3) is 0.476. The SMILES string of the molecule is O=C(CC1CN(c2ccc(C(F)(F)F)nc2)C1)N1Cc2c(N3CCC3)nc3nncn3c2C1. The summed E-state index contributed by atoms with van der Waals surface area (Å²) in [6.07, 6.45) is -0.0390. The standard InChI is InChI=1S/C21H21F3N8O/c22-21(23,24)17-3-2-14(7-25-17)30-8-13(9-30)6-18(33)31-10-15-16(11-31)32-12-26-28-20(32)27-19(15)29-4-1-5-29/h2-3,7,12-13H,1,4-6,8-11H2. The van der Waals surface area contributed by atoms with Crippen LogP contribution < -0.4 is 9.80 Å². The molecule has 0 bridgehead atoms. The van der Waals surface area contributed by atoms with Crippen LogP contribution in [0.3, 0.4) is 0 Å². The van der Waals surface area contributed by atoms with Gasteiger partial charge in [-0.2, -0.15) is 18.2 Å². The van der Waals surface area contributed by atoms with Gasteiger partial charge >= 0.3 is 6.18 Å². The zero-order valence-corrected chi connectivity index (χ0v) is 17.7. The Morgan fingerprint density at radius 2 is 1.94 bits per heavy atom. The maximum Gasteiger partial charge on any atom is 0.433 e. The second kappa shape index (κ2) is 7.29. The van der Waals surface area contributed by atoms with Crippen LogP contribution in [0.5, 0.6) is 0 Å². The summed E-state index contributed by atoms with van der Waals surface area (Å²) in [7, 11) is 0. The molecular weight excluding hydrogens is 437 g/mol. The Morgan fingerprint density at radius 1 is 1.12 bits per heavy atom. The van der Waals surface area contributed by atoms with Crippen LogP contribution in [0.25, 0.3) is 5.78 Å². The highest BCUT2D eigenvalue weighted by Gasteiger charge is 2.36. The molecule has 0 saturated carbocycles. The lowest BCUT2D eigenvalue weighted by Crippen LogP contribution is -2.48. The number of halogens is 3. The molecular formula is C21H21F3N8O. The number of rotatable bonds is 4. The van der Waals surface area contributed by atoms with Gasteiger partial charge in [0, 0.05) is 44.1 Å². The number of alkyl halides is 3. The Bertz CT molecular complexity index is 1210. The molecule has 0 spiro atoms. The number of hydrogen-bond donors (Lipinski definition) is 0. The lowest BCUT2D eigenvalue weighted by molar-refractivity contribution is -0.141. The maximum absolute atomic E-state index is 13.0. The number of carbonyl (C=O) groups excluding carboxylic acids is 1. The van der Waals surface area contributed by atoms with Gasteiger partial charge in [0.05, 0.1) is 30.7 Å². The first-order valence-electron chi connectivity index (χ1n) is 10.9.